The van der Waals surface area contributed by atoms with Crippen LogP contribution in [0.3, 0.4) is 0 Å². The molecule has 0 bridgehead atoms. The topological polar surface area (TPSA) is 18.5 Å². The molecule has 1 aromatic carbocycles. The minimum absolute atomic E-state index is 0.333. The zero-order valence-corrected chi connectivity index (χ0v) is 7.54. The van der Waals surface area contributed by atoms with Gasteiger partial charge in [0.2, 0.25) is 0 Å². The second kappa shape index (κ2) is 4.78. The lowest BCUT2D eigenvalue weighted by atomic mass is 10.2. The van der Waals surface area contributed by atoms with E-state index in [2.05, 4.69) is 0 Å². The molecule has 0 N–H and O–H groups in total. The van der Waals surface area contributed by atoms with E-state index in [-0.39, 0.29) is 0 Å². The highest BCUT2D eigenvalue weighted by atomic mass is 16.7. The number of aryl methyl sites for hydroxylation is 1. The molecule has 2 nitrogen and oxygen atoms in total. The van der Waals surface area contributed by atoms with Crippen molar-refractivity contribution in [3.8, 4) is 5.75 Å². The molecule has 12 heavy (non-hydrogen) atoms. The SMILES string of the molecule is CCOCOc1ccc(C)cc1. The van der Waals surface area contributed by atoms with Gasteiger partial charge in [0.1, 0.15) is 5.75 Å². The Labute approximate surface area is 73.1 Å². The standard InChI is InChI=1S/C10H14O2/c1-3-11-8-12-10-6-4-9(2)5-7-10/h4-7H,3,8H2,1-2H3. The predicted octanol–water partition coefficient (Wildman–Crippen LogP) is 2.37. The van der Waals surface area contributed by atoms with Crippen molar-refractivity contribution in [1.29, 1.82) is 0 Å². The van der Waals surface area contributed by atoms with E-state index in [1.165, 1.54) is 5.56 Å². The maximum atomic E-state index is 5.28. The molecule has 0 heterocycles. The molecule has 0 aliphatic rings. The Morgan fingerprint density at radius 1 is 1.17 bits per heavy atom. The van der Waals surface area contributed by atoms with Crippen molar-refractivity contribution in [2.45, 2.75) is 13.8 Å². The van der Waals surface area contributed by atoms with Gasteiger partial charge in [-0.25, -0.2) is 0 Å². The van der Waals surface area contributed by atoms with Crippen LogP contribution >= 0.6 is 0 Å². The average molecular weight is 166 g/mol. The average Bonchev–Trinajstić information content (AvgIpc) is 2.09. The third-order valence-corrected chi connectivity index (χ3v) is 1.53. The summed E-state index contributed by atoms with van der Waals surface area (Å²) < 4.78 is 10.3. The molecule has 0 fully saturated rings. The van der Waals surface area contributed by atoms with Crippen LogP contribution in [0.1, 0.15) is 12.5 Å². The summed E-state index contributed by atoms with van der Waals surface area (Å²) in [5, 5.41) is 0. The van der Waals surface area contributed by atoms with Gasteiger partial charge in [0.25, 0.3) is 0 Å². The summed E-state index contributed by atoms with van der Waals surface area (Å²) in [5.41, 5.74) is 1.23. The number of hydrogen-bond acceptors (Lipinski definition) is 2. The number of ether oxygens (including phenoxy) is 2. The number of rotatable bonds is 4. The molecule has 0 unspecified atom stereocenters. The Hall–Kier alpha value is -1.02. The van der Waals surface area contributed by atoms with Crippen LogP contribution in [0.15, 0.2) is 24.3 Å². The molecule has 66 valence electrons. The molecule has 1 rings (SSSR count). The summed E-state index contributed by atoms with van der Waals surface area (Å²) in [7, 11) is 0. The van der Waals surface area contributed by atoms with Gasteiger partial charge in [-0.05, 0) is 26.0 Å². The molecule has 0 aromatic heterocycles. The second-order valence-corrected chi connectivity index (χ2v) is 2.57. The van der Waals surface area contributed by atoms with E-state index < -0.39 is 0 Å². The third-order valence-electron chi connectivity index (χ3n) is 1.53. The normalized spacial score (nSPS) is 9.83. The zero-order chi connectivity index (χ0) is 8.81. The quantitative estimate of drug-likeness (QED) is 0.505. The minimum Gasteiger partial charge on any atom is -0.468 e. The number of benzene rings is 1. The first-order chi connectivity index (χ1) is 5.83. The van der Waals surface area contributed by atoms with E-state index in [9.17, 15) is 0 Å². The van der Waals surface area contributed by atoms with Crippen molar-refractivity contribution in [3.05, 3.63) is 29.8 Å². The van der Waals surface area contributed by atoms with Crippen molar-refractivity contribution < 1.29 is 9.47 Å². The Morgan fingerprint density at radius 2 is 1.83 bits per heavy atom. The summed E-state index contributed by atoms with van der Waals surface area (Å²) in [6.45, 7) is 5.01. The van der Waals surface area contributed by atoms with Crippen LogP contribution in [-0.4, -0.2) is 13.4 Å². The lowest BCUT2D eigenvalue weighted by Crippen LogP contribution is -2.01. The van der Waals surface area contributed by atoms with Crippen LogP contribution in [0.2, 0.25) is 0 Å². The van der Waals surface area contributed by atoms with Crippen molar-refractivity contribution in [2.75, 3.05) is 13.4 Å². The van der Waals surface area contributed by atoms with E-state index >= 15 is 0 Å². The fourth-order valence-electron chi connectivity index (χ4n) is 0.828. The highest BCUT2D eigenvalue weighted by Gasteiger charge is 1.90. The van der Waals surface area contributed by atoms with Crippen LogP contribution < -0.4 is 4.74 Å². The molecule has 0 radical (unpaired) electrons. The lowest BCUT2D eigenvalue weighted by molar-refractivity contribution is 0.0224. The maximum Gasteiger partial charge on any atom is 0.189 e. The van der Waals surface area contributed by atoms with Gasteiger partial charge in [-0.2, -0.15) is 0 Å². The summed E-state index contributed by atoms with van der Waals surface area (Å²) in [4.78, 5) is 0. The Bertz CT molecular complexity index is 216. The van der Waals surface area contributed by atoms with Crippen molar-refractivity contribution in [3.63, 3.8) is 0 Å². The molecule has 0 atom stereocenters. The molecule has 1 aromatic rings. The monoisotopic (exact) mass is 166 g/mol. The first kappa shape index (κ1) is 9.07. The van der Waals surface area contributed by atoms with Gasteiger partial charge >= 0.3 is 0 Å². The highest BCUT2D eigenvalue weighted by molar-refractivity contribution is 5.26. The summed E-state index contributed by atoms with van der Waals surface area (Å²) in [6.07, 6.45) is 0. The van der Waals surface area contributed by atoms with Gasteiger partial charge in [0.05, 0.1) is 0 Å². The van der Waals surface area contributed by atoms with Crippen LogP contribution in [0, 0.1) is 6.92 Å². The first-order valence-corrected chi connectivity index (χ1v) is 4.10. The summed E-state index contributed by atoms with van der Waals surface area (Å²) in [5.74, 6) is 0.856. The molecule has 0 aliphatic carbocycles. The smallest absolute Gasteiger partial charge is 0.189 e. The van der Waals surface area contributed by atoms with Gasteiger partial charge in [0.15, 0.2) is 6.79 Å². The Balaban J connectivity index is 2.37. The molecular formula is C10H14O2. The fraction of sp³-hybridized carbons (Fsp3) is 0.400. The fourth-order valence-corrected chi connectivity index (χ4v) is 0.828. The highest BCUT2D eigenvalue weighted by Crippen LogP contribution is 2.10. The van der Waals surface area contributed by atoms with Gasteiger partial charge < -0.3 is 9.47 Å². The molecule has 0 saturated heterocycles. The van der Waals surface area contributed by atoms with Crippen molar-refractivity contribution >= 4 is 0 Å². The van der Waals surface area contributed by atoms with E-state index in [0.717, 1.165) is 5.75 Å². The van der Waals surface area contributed by atoms with Crippen LogP contribution in [0.25, 0.3) is 0 Å². The van der Waals surface area contributed by atoms with Gasteiger partial charge in [-0.15, -0.1) is 0 Å². The van der Waals surface area contributed by atoms with Crippen LogP contribution in [0.4, 0.5) is 0 Å². The molecule has 0 aliphatic heterocycles. The van der Waals surface area contributed by atoms with Crippen LogP contribution in [-0.2, 0) is 4.74 Å². The van der Waals surface area contributed by atoms with E-state index in [4.69, 9.17) is 9.47 Å². The molecule has 2 heteroatoms. The number of hydrogen-bond donors (Lipinski definition) is 0. The van der Waals surface area contributed by atoms with Crippen molar-refractivity contribution in [2.24, 2.45) is 0 Å². The zero-order valence-electron chi connectivity index (χ0n) is 7.54. The molecule has 0 amide bonds. The lowest BCUT2D eigenvalue weighted by Gasteiger charge is -2.05. The Kier molecular flexibility index (Phi) is 3.61. The molecule has 0 saturated carbocycles. The van der Waals surface area contributed by atoms with Crippen molar-refractivity contribution in [1.82, 2.24) is 0 Å². The summed E-state index contributed by atoms with van der Waals surface area (Å²) >= 11 is 0. The van der Waals surface area contributed by atoms with E-state index in [1.807, 2.05) is 38.1 Å². The second-order valence-electron chi connectivity index (χ2n) is 2.57. The van der Waals surface area contributed by atoms with Crippen LogP contribution in [0.5, 0.6) is 5.75 Å². The minimum atomic E-state index is 0.333. The molecular weight excluding hydrogens is 152 g/mol. The molecule has 0 spiro atoms. The van der Waals surface area contributed by atoms with Gasteiger partial charge in [0, 0.05) is 6.61 Å². The summed E-state index contributed by atoms with van der Waals surface area (Å²) in [6, 6.07) is 7.91. The maximum absolute atomic E-state index is 5.28. The Morgan fingerprint density at radius 3 is 2.42 bits per heavy atom. The predicted molar refractivity (Wildman–Crippen MR) is 48.3 cm³/mol. The first-order valence-electron chi connectivity index (χ1n) is 4.10. The van der Waals surface area contributed by atoms with E-state index in [1.54, 1.807) is 0 Å². The van der Waals surface area contributed by atoms with Gasteiger partial charge in [-0.3, -0.25) is 0 Å². The van der Waals surface area contributed by atoms with E-state index in [0.29, 0.717) is 13.4 Å². The largest absolute Gasteiger partial charge is 0.468 e. The third kappa shape index (κ3) is 2.93. The van der Waals surface area contributed by atoms with Gasteiger partial charge in [-0.1, -0.05) is 17.7 Å².